The fraction of sp³-hybridized carbons (Fsp3) is 0.300. The molecule has 3 nitrogen and oxygen atoms in total. The summed E-state index contributed by atoms with van der Waals surface area (Å²) < 4.78 is 0. The fourth-order valence-corrected chi connectivity index (χ4v) is 1.62. The topological polar surface area (TPSA) is 49.3 Å². The Hall–Kier alpha value is -1.22. The van der Waals surface area contributed by atoms with E-state index in [0.29, 0.717) is 6.42 Å². The first-order chi connectivity index (χ1) is 6.27. The van der Waals surface area contributed by atoms with Crippen LogP contribution in [0.5, 0.6) is 0 Å². The molecular weight excluding hydrogens is 202 g/mol. The predicted octanol–water partition coefficient (Wildman–Crippen LogP) is 1.92. The van der Waals surface area contributed by atoms with Crippen LogP contribution in [-0.4, -0.2) is 17.1 Å². The van der Waals surface area contributed by atoms with Crippen LogP contribution in [0.2, 0.25) is 0 Å². The maximum atomic E-state index is 10.7. The predicted molar refractivity (Wildman–Crippen MR) is 57.1 cm³/mol. The SMILES string of the molecule is Cl.O=C(O)C1CCc2ccccc2N1. The summed E-state index contributed by atoms with van der Waals surface area (Å²) in [5, 5.41) is 11.8. The molecule has 0 saturated carbocycles. The quantitative estimate of drug-likeness (QED) is 0.750. The molecule has 0 spiro atoms. The van der Waals surface area contributed by atoms with Gasteiger partial charge in [0.15, 0.2) is 0 Å². The van der Waals surface area contributed by atoms with Crippen LogP contribution in [0.25, 0.3) is 0 Å². The largest absolute Gasteiger partial charge is 0.480 e. The standard InChI is InChI=1S/C10H11NO2.ClH/c12-10(13)9-6-5-7-3-1-2-4-8(7)11-9;/h1-4,9,11H,5-6H2,(H,12,13);1H. The first kappa shape index (κ1) is 10.9. The van der Waals surface area contributed by atoms with Crippen LogP contribution in [0, 0.1) is 0 Å². The molecule has 1 aromatic rings. The molecule has 0 bridgehead atoms. The Morgan fingerprint density at radius 3 is 2.86 bits per heavy atom. The van der Waals surface area contributed by atoms with E-state index in [9.17, 15) is 4.79 Å². The molecular formula is C10H12ClNO2. The van der Waals surface area contributed by atoms with Gasteiger partial charge in [0.1, 0.15) is 6.04 Å². The number of carboxylic acids is 1. The normalized spacial score (nSPS) is 18.7. The van der Waals surface area contributed by atoms with Crippen LogP contribution >= 0.6 is 12.4 Å². The van der Waals surface area contributed by atoms with E-state index < -0.39 is 12.0 Å². The molecule has 1 unspecified atom stereocenters. The highest BCUT2D eigenvalue weighted by Gasteiger charge is 2.22. The number of fused-ring (bicyclic) bond motifs is 1. The van der Waals surface area contributed by atoms with Gasteiger partial charge in [-0.2, -0.15) is 0 Å². The summed E-state index contributed by atoms with van der Waals surface area (Å²) in [7, 11) is 0. The van der Waals surface area contributed by atoms with E-state index in [4.69, 9.17) is 5.11 Å². The molecule has 1 heterocycles. The number of para-hydroxylation sites is 1. The van der Waals surface area contributed by atoms with Crippen molar-refractivity contribution in [3.05, 3.63) is 29.8 Å². The van der Waals surface area contributed by atoms with Gasteiger partial charge in [-0.1, -0.05) is 18.2 Å². The number of hydrogen-bond acceptors (Lipinski definition) is 2. The van der Waals surface area contributed by atoms with Crippen LogP contribution in [0.3, 0.4) is 0 Å². The van der Waals surface area contributed by atoms with E-state index in [-0.39, 0.29) is 12.4 Å². The third-order valence-corrected chi connectivity index (χ3v) is 2.35. The summed E-state index contributed by atoms with van der Waals surface area (Å²) in [6.07, 6.45) is 1.52. The van der Waals surface area contributed by atoms with Gasteiger partial charge in [-0.25, -0.2) is 4.79 Å². The molecule has 0 aliphatic carbocycles. The molecule has 14 heavy (non-hydrogen) atoms. The second-order valence-electron chi connectivity index (χ2n) is 3.23. The lowest BCUT2D eigenvalue weighted by Crippen LogP contribution is -2.33. The van der Waals surface area contributed by atoms with Gasteiger partial charge in [0.25, 0.3) is 0 Å². The maximum absolute atomic E-state index is 10.7. The molecule has 1 aliphatic heterocycles. The van der Waals surface area contributed by atoms with Crippen LogP contribution in [0.15, 0.2) is 24.3 Å². The van der Waals surface area contributed by atoms with Crippen molar-refractivity contribution in [2.75, 3.05) is 5.32 Å². The number of nitrogens with one attached hydrogen (secondary N) is 1. The summed E-state index contributed by atoms with van der Waals surface area (Å²) in [6, 6.07) is 7.41. The van der Waals surface area contributed by atoms with Crippen molar-refractivity contribution in [1.82, 2.24) is 0 Å². The lowest BCUT2D eigenvalue weighted by molar-refractivity contribution is -0.138. The third-order valence-electron chi connectivity index (χ3n) is 2.35. The first-order valence-electron chi connectivity index (χ1n) is 4.34. The van der Waals surface area contributed by atoms with Gasteiger partial charge in [-0.15, -0.1) is 12.4 Å². The molecule has 2 N–H and O–H groups in total. The number of carboxylic acid groups (broad SMARTS) is 1. The molecule has 0 saturated heterocycles. The maximum Gasteiger partial charge on any atom is 0.326 e. The van der Waals surface area contributed by atoms with Crippen LogP contribution < -0.4 is 5.32 Å². The number of halogens is 1. The second kappa shape index (κ2) is 4.33. The number of rotatable bonds is 1. The van der Waals surface area contributed by atoms with Crippen LogP contribution in [0.4, 0.5) is 5.69 Å². The lowest BCUT2D eigenvalue weighted by Gasteiger charge is -2.23. The van der Waals surface area contributed by atoms with Crippen molar-refractivity contribution < 1.29 is 9.90 Å². The van der Waals surface area contributed by atoms with Crippen LogP contribution in [0.1, 0.15) is 12.0 Å². The molecule has 2 rings (SSSR count). The zero-order valence-corrected chi connectivity index (χ0v) is 8.38. The number of hydrogen-bond donors (Lipinski definition) is 2. The van der Waals surface area contributed by atoms with Crippen molar-refractivity contribution in [3.8, 4) is 0 Å². The third kappa shape index (κ3) is 1.99. The molecule has 0 amide bonds. The van der Waals surface area contributed by atoms with E-state index >= 15 is 0 Å². The Kier molecular flexibility index (Phi) is 3.36. The van der Waals surface area contributed by atoms with Gasteiger partial charge < -0.3 is 10.4 Å². The Balaban J connectivity index is 0.000000980. The smallest absolute Gasteiger partial charge is 0.326 e. The van der Waals surface area contributed by atoms with E-state index in [1.165, 1.54) is 5.56 Å². The summed E-state index contributed by atoms with van der Waals surface area (Å²) in [4.78, 5) is 10.7. The number of benzene rings is 1. The molecule has 1 aliphatic rings. The molecule has 0 fully saturated rings. The van der Waals surface area contributed by atoms with E-state index in [1.54, 1.807) is 0 Å². The van der Waals surface area contributed by atoms with Gasteiger partial charge in [0.05, 0.1) is 0 Å². The Morgan fingerprint density at radius 2 is 2.14 bits per heavy atom. The number of aliphatic carboxylic acids is 1. The molecule has 0 radical (unpaired) electrons. The molecule has 1 atom stereocenters. The lowest BCUT2D eigenvalue weighted by atomic mass is 9.98. The van der Waals surface area contributed by atoms with Gasteiger partial charge in [-0.05, 0) is 24.5 Å². The van der Waals surface area contributed by atoms with Crippen molar-refractivity contribution in [2.24, 2.45) is 0 Å². The minimum atomic E-state index is -0.769. The molecule has 1 aromatic carbocycles. The molecule has 0 aromatic heterocycles. The monoisotopic (exact) mass is 213 g/mol. The summed E-state index contributed by atoms with van der Waals surface area (Å²) >= 11 is 0. The zero-order valence-electron chi connectivity index (χ0n) is 7.56. The summed E-state index contributed by atoms with van der Waals surface area (Å²) in [5.74, 6) is -0.769. The highest BCUT2D eigenvalue weighted by atomic mass is 35.5. The second-order valence-corrected chi connectivity index (χ2v) is 3.23. The van der Waals surface area contributed by atoms with Crippen molar-refractivity contribution in [3.63, 3.8) is 0 Å². The average molecular weight is 214 g/mol. The fourth-order valence-electron chi connectivity index (χ4n) is 1.62. The van der Waals surface area contributed by atoms with Crippen LogP contribution in [-0.2, 0) is 11.2 Å². The van der Waals surface area contributed by atoms with Crippen molar-refractivity contribution in [1.29, 1.82) is 0 Å². The number of carbonyl (C=O) groups is 1. The molecule has 4 heteroatoms. The Morgan fingerprint density at radius 1 is 1.43 bits per heavy atom. The van der Waals surface area contributed by atoms with Gasteiger partial charge in [0, 0.05) is 5.69 Å². The highest BCUT2D eigenvalue weighted by molar-refractivity contribution is 5.85. The summed E-state index contributed by atoms with van der Waals surface area (Å²) in [5.41, 5.74) is 2.17. The minimum Gasteiger partial charge on any atom is -0.480 e. The minimum absolute atomic E-state index is 0. The van der Waals surface area contributed by atoms with E-state index in [2.05, 4.69) is 5.32 Å². The van der Waals surface area contributed by atoms with Gasteiger partial charge in [-0.3, -0.25) is 0 Å². The Bertz CT molecular complexity index is 341. The first-order valence-corrected chi connectivity index (χ1v) is 4.34. The molecule has 76 valence electrons. The van der Waals surface area contributed by atoms with Gasteiger partial charge in [0.2, 0.25) is 0 Å². The van der Waals surface area contributed by atoms with Gasteiger partial charge >= 0.3 is 5.97 Å². The summed E-state index contributed by atoms with van der Waals surface area (Å²) in [6.45, 7) is 0. The average Bonchev–Trinajstić information content (AvgIpc) is 2.17. The van der Waals surface area contributed by atoms with E-state index in [0.717, 1.165) is 12.1 Å². The van der Waals surface area contributed by atoms with E-state index in [1.807, 2.05) is 24.3 Å². The zero-order chi connectivity index (χ0) is 9.26. The number of anilines is 1. The highest BCUT2D eigenvalue weighted by Crippen LogP contribution is 2.23. The van der Waals surface area contributed by atoms with Crippen molar-refractivity contribution >= 4 is 24.1 Å². The Labute approximate surface area is 88.5 Å². The number of aryl methyl sites for hydroxylation is 1. The van der Waals surface area contributed by atoms with Crippen molar-refractivity contribution in [2.45, 2.75) is 18.9 Å².